The van der Waals surface area contributed by atoms with Crippen LogP contribution in [-0.2, 0) is 0 Å². The first kappa shape index (κ1) is 14.3. The van der Waals surface area contributed by atoms with Crippen molar-refractivity contribution in [2.45, 2.75) is 6.92 Å². The van der Waals surface area contributed by atoms with Crippen molar-refractivity contribution in [2.75, 3.05) is 5.73 Å². The van der Waals surface area contributed by atoms with E-state index in [4.69, 9.17) is 10.5 Å². The number of nitrogens with zero attached hydrogens (tertiary/aromatic N) is 3. The summed E-state index contributed by atoms with van der Waals surface area (Å²) in [6, 6.07) is 19.3. The largest absolute Gasteiger partial charge is 0.457 e. The summed E-state index contributed by atoms with van der Waals surface area (Å²) in [6.07, 6.45) is 1.77. The van der Waals surface area contributed by atoms with Crippen molar-refractivity contribution in [1.29, 1.82) is 0 Å². The minimum absolute atomic E-state index is 0.560. The molecule has 0 saturated heterocycles. The van der Waals surface area contributed by atoms with Gasteiger partial charge in [-0.3, -0.25) is 0 Å². The van der Waals surface area contributed by atoms with Gasteiger partial charge >= 0.3 is 0 Å². The summed E-state index contributed by atoms with van der Waals surface area (Å²) in [5.74, 6) is 2.10. The van der Waals surface area contributed by atoms with Crippen molar-refractivity contribution in [2.24, 2.45) is 0 Å². The predicted octanol–water partition coefficient (Wildman–Crippen LogP) is 4.08. The number of anilines is 1. The molecule has 0 aliphatic carbocycles. The molecule has 2 heterocycles. The Balaban J connectivity index is 1.74. The Labute approximate surface area is 139 Å². The molecule has 118 valence electrons. The second-order valence-electron chi connectivity index (χ2n) is 5.56. The number of para-hydroxylation sites is 1. The van der Waals surface area contributed by atoms with Gasteiger partial charge in [-0.25, -0.2) is 4.98 Å². The van der Waals surface area contributed by atoms with Crippen molar-refractivity contribution in [3.63, 3.8) is 0 Å². The molecule has 0 amide bonds. The topological polar surface area (TPSA) is 65.4 Å². The summed E-state index contributed by atoms with van der Waals surface area (Å²) in [5.41, 5.74) is 9.67. The van der Waals surface area contributed by atoms with E-state index in [0.717, 1.165) is 34.0 Å². The van der Waals surface area contributed by atoms with Gasteiger partial charge in [0.1, 0.15) is 17.3 Å². The molecule has 0 bridgehead atoms. The van der Waals surface area contributed by atoms with Gasteiger partial charge in [-0.2, -0.15) is 9.61 Å². The maximum atomic E-state index is 6.29. The first-order valence-corrected chi connectivity index (χ1v) is 7.65. The van der Waals surface area contributed by atoms with Crippen LogP contribution >= 0.6 is 0 Å². The van der Waals surface area contributed by atoms with E-state index in [1.165, 1.54) is 0 Å². The average molecular weight is 316 g/mol. The van der Waals surface area contributed by atoms with Crippen LogP contribution in [0.25, 0.3) is 16.8 Å². The smallest absolute Gasteiger partial charge is 0.157 e. The molecule has 2 aromatic carbocycles. The van der Waals surface area contributed by atoms with Crippen LogP contribution in [0.5, 0.6) is 11.5 Å². The number of hydrogen-bond acceptors (Lipinski definition) is 4. The molecule has 0 aliphatic rings. The standard InChI is InChI=1S/C19H16N4O/c1-13-10-18-21-12-17(19(20)23(18)22-13)14-6-5-9-16(11-14)24-15-7-3-2-4-8-15/h2-12H,20H2,1H3. The van der Waals surface area contributed by atoms with Gasteiger partial charge in [0.25, 0.3) is 0 Å². The highest BCUT2D eigenvalue weighted by Crippen LogP contribution is 2.30. The summed E-state index contributed by atoms with van der Waals surface area (Å²) in [4.78, 5) is 4.43. The highest BCUT2D eigenvalue weighted by atomic mass is 16.5. The Bertz CT molecular complexity index is 1010. The molecular weight excluding hydrogens is 300 g/mol. The van der Waals surface area contributed by atoms with Crippen LogP contribution in [0.2, 0.25) is 0 Å². The van der Waals surface area contributed by atoms with E-state index in [1.807, 2.05) is 67.6 Å². The quantitative estimate of drug-likeness (QED) is 0.618. The molecule has 4 aromatic rings. The van der Waals surface area contributed by atoms with Crippen LogP contribution in [0.15, 0.2) is 66.9 Å². The number of ether oxygens (including phenoxy) is 1. The highest BCUT2D eigenvalue weighted by Gasteiger charge is 2.10. The summed E-state index contributed by atoms with van der Waals surface area (Å²) in [7, 11) is 0. The summed E-state index contributed by atoms with van der Waals surface area (Å²) in [5, 5.41) is 4.39. The number of nitrogens with two attached hydrogens (primary N) is 1. The fraction of sp³-hybridized carbons (Fsp3) is 0.0526. The van der Waals surface area contributed by atoms with Crippen LogP contribution in [0.3, 0.4) is 0 Å². The van der Waals surface area contributed by atoms with E-state index < -0.39 is 0 Å². The number of nitrogen functional groups attached to an aromatic ring is 1. The first-order valence-electron chi connectivity index (χ1n) is 7.65. The normalized spacial score (nSPS) is 10.9. The zero-order valence-electron chi connectivity index (χ0n) is 13.2. The fourth-order valence-corrected chi connectivity index (χ4v) is 2.64. The molecule has 0 atom stereocenters. The molecular formula is C19H16N4O. The van der Waals surface area contributed by atoms with Gasteiger partial charge in [-0.15, -0.1) is 0 Å². The Kier molecular flexibility index (Phi) is 3.39. The van der Waals surface area contributed by atoms with Crippen molar-refractivity contribution in [1.82, 2.24) is 14.6 Å². The molecule has 24 heavy (non-hydrogen) atoms. The van der Waals surface area contributed by atoms with E-state index in [0.29, 0.717) is 5.82 Å². The predicted molar refractivity (Wildman–Crippen MR) is 94.1 cm³/mol. The third-order valence-electron chi connectivity index (χ3n) is 3.77. The van der Waals surface area contributed by atoms with E-state index in [-0.39, 0.29) is 0 Å². The Morgan fingerprint density at radius 2 is 1.75 bits per heavy atom. The third-order valence-corrected chi connectivity index (χ3v) is 3.77. The van der Waals surface area contributed by atoms with Gasteiger partial charge in [-0.1, -0.05) is 30.3 Å². The van der Waals surface area contributed by atoms with Gasteiger partial charge in [0.2, 0.25) is 0 Å². The van der Waals surface area contributed by atoms with Crippen LogP contribution in [0.4, 0.5) is 5.82 Å². The van der Waals surface area contributed by atoms with E-state index in [1.54, 1.807) is 10.7 Å². The zero-order chi connectivity index (χ0) is 16.5. The molecule has 5 nitrogen and oxygen atoms in total. The lowest BCUT2D eigenvalue weighted by Crippen LogP contribution is -2.02. The van der Waals surface area contributed by atoms with E-state index in [9.17, 15) is 0 Å². The second-order valence-corrected chi connectivity index (χ2v) is 5.56. The minimum atomic E-state index is 0.560. The summed E-state index contributed by atoms with van der Waals surface area (Å²) >= 11 is 0. The lowest BCUT2D eigenvalue weighted by molar-refractivity contribution is 0.483. The maximum Gasteiger partial charge on any atom is 0.157 e. The molecule has 0 saturated carbocycles. The molecule has 2 aromatic heterocycles. The number of benzene rings is 2. The zero-order valence-corrected chi connectivity index (χ0v) is 13.2. The molecule has 0 radical (unpaired) electrons. The Hall–Kier alpha value is -3.34. The summed E-state index contributed by atoms with van der Waals surface area (Å²) in [6.45, 7) is 1.92. The van der Waals surface area contributed by atoms with Crippen molar-refractivity contribution in [3.8, 4) is 22.6 Å². The molecule has 0 spiro atoms. The number of fused-ring (bicyclic) bond motifs is 1. The van der Waals surface area contributed by atoms with Gasteiger partial charge in [0.15, 0.2) is 5.65 Å². The number of rotatable bonds is 3. The average Bonchev–Trinajstić information content (AvgIpc) is 2.98. The van der Waals surface area contributed by atoms with Crippen molar-refractivity contribution in [3.05, 3.63) is 72.6 Å². The van der Waals surface area contributed by atoms with Crippen molar-refractivity contribution < 1.29 is 4.74 Å². The van der Waals surface area contributed by atoms with Gasteiger partial charge in [-0.05, 0) is 36.8 Å². The lowest BCUT2D eigenvalue weighted by Gasteiger charge is -2.10. The van der Waals surface area contributed by atoms with Gasteiger partial charge < -0.3 is 10.5 Å². The highest BCUT2D eigenvalue weighted by molar-refractivity contribution is 5.75. The van der Waals surface area contributed by atoms with Crippen LogP contribution in [0, 0.1) is 6.92 Å². The van der Waals surface area contributed by atoms with Crippen LogP contribution in [-0.4, -0.2) is 14.6 Å². The Morgan fingerprint density at radius 3 is 2.58 bits per heavy atom. The molecule has 4 rings (SSSR count). The minimum Gasteiger partial charge on any atom is -0.457 e. The Morgan fingerprint density at radius 1 is 0.958 bits per heavy atom. The second kappa shape index (κ2) is 5.70. The molecule has 5 heteroatoms. The van der Waals surface area contributed by atoms with E-state index in [2.05, 4.69) is 10.1 Å². The number of aryl methyl sites for hydroxylation is 1. The monoisotopic (exact) mass is 316 g/mol. The van der Waals surface area contributed by atoms with E-state index >= 15 is 0 Å². The SMILES string of the molecule is Cc1cc2ncc(-c3cccc(Oc4ccccc4)c3)c(N)n2n1. The van der Waals surface area contributed by atoms with Crippen molar-refractivity contribution >= 4 is 11.5 Å². The lowest BCUT2D eigenvalue weighted by atomic mass is 10.1. The number of hydrogen-bond donors (Lipinski definition) is 1. The van der Waals surface area contributed by atoms with Gasteiger partial charge in [0, 0.05) is 17.8 Å². The molecule has 2 N–H and O–H groups in total. The number of aromatic nitrogens is 3. The van der Waals surface area contributed by atoms with Gasteiger partial charge in [0.05, 0.1) is 5.69 Å². The third kappa shape index (κ3) is 2.56. The fourth-order valence-electron chi connectivity index (χ4n) is 2.64. The molecule has 0 aliphatic heterocycles. The van der Waals surface area contributed by atoms with Crippen LogP contribution < -0.4 is 10.5 Å². The summed E-state index contributed by atoms with van der Waals surface area (Å²) < 4.78 is 7.55. The maximum absolute atomic E-state index is 6.29. The molecule has 0 unspecified atom stereocenters. The van der Waals surface area contributed by atoms with Crippen LogP contribution in [0.1, 0.15) is 5.69 Å². The first-order chi connectivity index (χ1) is 11.7. The molecule has 0 fully saturated rings.